The standard InChI is InChI=1S/C13H23NO4/c1-8-6-13(9(8)2,7-10(15)16)14-11(17)18-12(3,4)5/h8-9H,6-7H2,1-5H3,(H,14,17)(H,15,16). The molecule has 18 heavy (non-hydrogen) atoms. The summed E-state index contributed by atoms with van der Waals surface area (Å²) in [5.74, 6) is -0.342. The van der Waals surface area contributed by atoms with Crippen molar-refractivity contribution in [1.82, 2.24) is 5.32 Å². The van der Waals surface area contributed by atoms with Crippen molar-refractivity contribution < 1.29 is 19.4 Å². The molecule has 1 saturated carbocycles. The van der Waals surface area contributed by atoms with Gasteiger partial charge in [0.1, 0.15) is 5.60 Å². The number of amides is 1. The van der Waals surface area contributed by atoms with Crippen LogP contribution in [0.2, 0.25) is 0 Å². The molecular weight excluding hydrogens is 234 g/mol. The van der Waals surface area contributed by atoms with Gasteiger partial charge in [-0.05, 0) is 39.0 Å². The molecule has 0 aromatic heterocycles. The van der Waals surface area contributed by atoms with Crippen LogP contribution in [0.15, 0.2) is 0 Å². The molecule has 5 heteroatoms. The largest absolute Gasteiger partial charge is 0.481 e. The number of hydrogen-bond acceptors (Lipinski definition) is 3. The van der Waals surface area contributed by atoms with E-state index in [1.807, 2.05) is 6.92 Å². The van der Waals surface area contributed by atoms with Crippen LogP contribution in [0, 0.1) is 11.8 Å². The number of ether oxygens (including phenoxy) is 1. The number of carboxylic acid groups (broad SMARTS) is 1. The topological polar surface area (TPSA) is 75.6 Å². The molecule has 5 nitrogen and oxygen atoms in total. The number of carbonyl (C=O) groups is 2. The van der Waals surface area contributed by atoms with Gasteiger partial charge in [0.15, 0.2) is 0 Å². The van der Waals surface area contributed by atoms with E-state index in [4.69, 9.17) is 9.84 Å². The van der Waals surface area contributed by atoms with Gasteiger partial charge < -0.3 is 15.2 Å². The molecule has 0 aromatic rings. The van der Waals surface area contributed by atoms with E-state index in [2.05, 4.69) is 12.2 Å². The van der Waals surface area contributed by atoms with Crippen molar-refractivity contribution in [2.75, 3.05) is 0 Å². The number of hydrogen-bond donors (Lipinski definition) is 2. The lowest BCUT2D eigenvalue weighted by molar-refractivity contribution is -0.142. The Morgan fingerprint density at radius 1 is 1.39 bits per heavy atom. The summed E-state index contributed by atoms with van der Waals surface area (Å²) in [7, 11) is 0. The number of aliphatic carboxylic acids is 1. The van der Waals surface area contributed by atoms with Crippen molar-refractivity contribution >= 4 is 12.1 Å². The Hall–Kier alpha value is -1.26. The van der Waals surface area contributed by atoms with E-state index in [0.717, 1.165) is 0 Å². The number of rotatable bonds is 3. The Balaban J connectivity index is 2.70. The summed E-state index contributed by atoms with van der Waals surface area (Å²) in [6.07, 6.45) is 0.0831. The Morgan fingerprint density at radius 2 is 1.94 bits per heavy atom. The van der Waals surface area contributed by atoms with Crippen LogP contribution in [0.4, 0.5) is 4.79 Å². The Labute approximate surface area is 108 Å². The molecule has 104 valence electrons. The first-order valence-electron chi connectivity index (χ1n) is 6.29. The summed E-state index contributed by atoms with van der Waals surface area (Å²) >= 11 is 0. The van der Waals surface area contributed by atoms with Crippen LogP contribution in [0.25, 0.3) is 0 Å². The van der Waals surface area contributed by atoms with Crippen LogP contribution in [0.3, 0.4) is 0 Å². The molecule has 0 bridgehead atoms. The SMILES string of the molecule is CC1CC(CC(=O)O)(NC(=O)OC(C)(C)C)C1C. The van der Waals surface area contributed by atoms with Crippen molar-refractivity contribution in [3.8, 4) is 0 Å². The van der Waals surface area contributed by atoms with Crippen LogP contribution < -0.4 is 5.32 Å². The van der Waals surface area contributed by atoms with Crippen molar-refractivity contribution in [2.24, 2.45) is 11.8 Å². The third kappa shape index (κ3) is 3.37. The zero-order chi connectivity index (χ0) is 14.1. The average molecular weight is 257 g/mol. The molecule has 1 aliphatic carbocycles. The number of alkyl carbamates (subject to hydrolysis) is 1. The number of nitrogens with one attached hydrogen (secondary N) is 1. The maximum Gasteiger partial charge on any atom is 0.408 e. The first-order valence-corrected chi connectivity index (χ1v) is 6.29. The predicted octanol–water partition coefficient (Wildman–Crippen LogP) is 2.40. The van der Waals surface area contributed by atoms with E-state index >= 15 is 0 Å². The van der Waals surface area contributed by atoms with Gasteiger partial charge in [-0.3, -0.25) is 4.79 Å². The Bertz CT molecular complexity index is 347. The summed E-state index contributed by atoms with van der Waals surface area (Å²) in [6, 6.07) is 0. The van der Waals surface area contributed by atoms with E-state index in [1.54, 1.807) is 20.8 Å². The van der Waals surface area contributed by atoms with Gasteiger partial charge in [0.05, 0.1) is 12.0 Å². The lowest BCUT2D eigenvalue weighted by atomic mass is 9.59. The number of carbonyl (C=O) groups excluding carboxylic acids is 1. The number of carboxylic acids is 1. The summed E-state index contributed by atoms with van der Waals surface area (Å²) in [5.41, 5.74) is -1.24. The van der Waals surface area contributed by atoms with E-state index in [0.29, 0.717) is 12.3 Å². The highest BCUT2D eigenvalue weighted by atomic mass is 16.6. The van der Waals surface area contributed by atoms with Crippen LogP contribution >= 0.6 is 0 Å². The third-order valence-electron chi connectivity index (χ3n) is 3.63. The van der Waals surface area contributed by atoms with E-state index in [-0.39, 0.29) is 12.3 Å². The zero-order valence-corrected chi connectivity index (χ0v) is 11.7. The zero-order valence-electron chi connectivity index (χ0n) is 11.7. The fourth-order valence-corrected chi connectivity index (χ4v) is 2.54. The quantitative estimate of drug-likeness (QED) is 0.814. The molecule has 0 aromatic carbocycles. The van der Waals surface area contributed by atoms with Crippen LogP contribution in [0.5, 0.6) is 0 Å². The van der Waals surface area contributed by atoms with Gasteiger partial charge in [0.2, 0.25) is 0 Å². The minimum atomic E-state index is -0.898. The maximum atomic E-state index is 11.8. The van der Waals surface area contributed by atoms with Gasteiger partial charge in [-0.25, -0.2) is 4.79 Å². The summed E-state index contributed by atoms with van der Waals surface area (Å²) in [4.78, 5) is 22.7. The predicted molar refractivity (Wildman–Crippen MR) is 67.3 cm³/mol. The normalized spacial score (nSPS) is 31.4. The van der Waals surface area contributed by atoms with E-state index in [9.17, 15) is 9.59 Å². The van der Waals surface area contributed by atoms with E-state index < -0.39 is 23.2 Å². The fraction of sp³-hybridized carbons (Fsp3) is 0.846. The van der Waals surface area contributed by atoms with Crippen molar-refractivity contribution in [3.63, 3.8) is 0 Å². The minimum Gasteiger partial charge on any atom is -0.481 e. The summed E-state index contributed by atoms with van der Waals surface area (Å²) < 4.78 is 5.19. The lowest BCUT2D eigenvalue weighted by Gasteiger charge is -2.52. The monoisotopic (exact) mass is 257 g/mol. The van der Waals surface area contributed by atoms with Crippen LogP contribution in [-0.4, -0.2) is 28.3 Å². The van der Waals surface area contributed by atoms with Gasteiger partial charge in [-0.1, -0.05) is 13.8 Å². The molecule has 3 atom stereocenters. The highest BCUT2D eigenvalue weighted by Gasteiger charge is 2.51. The molecule has 0 saturated heterocycles. The molecule has 0 radical (unpaired) electrons. The van der Waals surface area contributed by atoms with E-state index in [1.165, 1.54) is 0 Å². The Kier molecular flexibility index (Phi) is 3.93. The second-order valence-corrected chi connectivity index (χ2v) is 6.32. The molecule has 0 heterocycles. The van der Waals surface area contributed by atoms with Crippen LogP contribution in [-0.2, 0) is 9.53 Å². The van der Waals surface area contributed by atoms with Gasteiger partial charge >= 0.3 is 12.1 Å². The second kappa shape index (κ2) is 4.78. The smallest absolute Gasteiger partial charge is 0.408 e. The molecular formula is C13H23NO4. The molecule has 1 rings (SSSR count). The molecule has 1 fully saturated rings. The highest BCUT2D eigenvalue weighted by Crippen LogP contribution is 2.45. The average Bonchev–Trinajstić information content (AvgIpc) is 2.12. The highest BCUT2D eigenvalue weighted by molar-refractivity contribution is 5.73. The first-order chi connectivity index (χ1) is 8.06. The molecule has 0 spiro atoms. The first kappa shape index (κ1) is 14.8. The second-order valence-electron chi connectivity index (χ2n) is 6.32. The molecule has 2 N–H and O–H groups in total. The maximum absolute atomic E-state index is 11.8. The van der Waals surface area contributed by atoms with Crippen LogP contribution in [0.1, 0.15) is 47.5 Å². The lowest BCUT2D eigenvalue weighted by Crippen LogP contribution is -2.64. The minimum absolute atomic E-state index is 0.0578. The van der Waals surface area contributed by atoms with Crippen molar-refractivity contribution in [1.29, 1.82) is 0 Å². The third-order valence-corrected chi connectivity index (χ3v) is 3.63. The molecule has 1 amide bonds. The van der Waals surface area contributed by atoms with Gasteiger partial charge in [-0.2, -0.15) is 0 Å². The molecule has 3 unspecified atom stereocenters. The van der Waals surface area contributed by atoms with Crippen molar-refractivity contribution in [3.05, 3.63) is 0 Å². The van der Waals surface area contributed by atoms with Gasteiger partial charge in [0, 0.05) is 0 Å². The van der Waals surface area contributed by atoms with Crippen molar-refractivity contribution in [2.45, 2.75) is 58.6 Å². The van der Waals surface area contributed by atoms with Gasteiger partial charge in [0.25, 0.3) is 0 Å². The Morgan fingerprint density at radius 3 is 2.28 bits per heavy atom. The van der Waals surface area contributed by atoms with Gasteiger partial charge in [-0.15, -0.1) is 0 Å². The fourth-order valence-electron chi connectivity index (χ4n) is 2.54. The summed E-state index contributed by atoms with van der Waals surface area (Å²) in [6.45, 7) is 9.37. The molecule has 0 aliphatic heterocycles. The molecule has 1 aliphatic rings. The summed E-state index contributed by atoms with van der Waals surface area (Å²) in [5, 5.41) is 11.7.